The van der Waals surface area contributed by atoms with Gasteiger partial charge in [-0.25, -0.2) is 19.3 Å². The molecule has 10 nitrogen and oxygen atoms in total. The van der Waals surface area contributed by atoms with E-state index in [1.54, 1.807) is 0 Å². The average Bonchev–Trinajstić information content (AvgIpc) is 3.68. The van der Waals surface area contributed by atoms with E-state index in [4.69, 9.17) is 9.72 Å². The first kappa shape index (κ1) is 26.5. The number of nitrogens with zero attached hydrogens (tertiary/aromatic N) is 4. The fourth-order valence-corrected chi connectivity index (χ4v) is 6.23. The number of para-hydroxylation sites is 2. The molecule has 4 aromatic rings. The quantitative estimate of drug-likeness (QED) is 0.321. The molecule has 216 valence electrons. The van der Waals surface area contributed by atoms with Crippen LogP contribution in [0.5, 0.6) is 5.75 Å². The van der Waals surface area contributed by atoms with Gasteiger partial charge < -0.3 is 24.5 Å². The number of imidazole rings is 1. The summed E-state index contributed by atoms with van der Waals surface area (Å²) in [5.41, 5.74) is 1.48. The van der Waals surface area contributed by atoms with Crippen molar-refractivity contribution in [1.29, 1.82) is 0 Å². The molecule has 1 saturated heterocycles. The number of alkyl halides is 2. The minimum absolute atomic E-state index is 0.0710. The summed E-state index contributed by atoms with van der Waals surface area (Å²) >= 11 is 0. The van der Waals surface area contributed by atoms with Gasteiger partial charge in [0.1, 0.15) is 11.9 Å². The van der Waals surface area contributed by atoms with Gasteiger partial charge in [-0.15, -0.1) is 0 Å². The SMILES string of the molecule is CC(O)C(=O)c1ncc(C2CCCO2)c(-c2c(F)c(OC(F)F)cc3c2[C@H]2C[C@@H](NC3=O)c3nc4ccccc4n32)n1. The van der Waals surface area contributed by atoms with E-state index in [0.717, 1.165) is 11.6 Å². The lowest BCUT2D eigenvalue weighted by molar-refractivity contribution is -0.0522. The Hall–Kier alpha value is -4.36. The molecular weight excluding hydrogens is 555 g/mol. The maximum atomic E-state index is 16.6. The van der Waals surface area contributed by atoms with Crippen molar-refractivity contribution in [1.82, 2.24) is 24.8 Å². The number of rotatable bonds is 6. The minimum atomic E-state index is -3.38. The van der Waals surface area contributed by atoms with Gasteiger partial charge in [-0.3, -0.25) is 9.59 Å². The van der Waals surface area contributed by atoms with Gasteiger partial charge in [-0.1, -0.05) is 12.1 Å². The van der Waals surface area contributed by atoms with Crippen LogP contribution in [0.3, 0.4) is 0 Å². The molecule has 0 saturated carbocycles. The fraction of sp³-hybridized carbons (Fsp3) is 0.345. The maximum Gasteiger partial charge on any atom is 0.387 e. The van der Waals surface area contributed by atoms with Gasteiger partial charge in [0.05, 0.1) is 34.9 Å². The Kier molecular flexibility index (Phi) is 6.24. The van der Waals surface area contributed by atoms with E-state index in [9.17, 15) is 23.5 Å². The zero-order valence-electron chi connectivity index (χ0n) is 22.2. The summed E-state index contributed by atoms with van der Waals surface area (Å²) in [7, 11) is 0. The number of amides is 1. The number of aliphatic hydroxyl groups excluding tert-OH is 1. The van der Waals surface area contributed by atoms with Gasteiger partial charge in [-0.2, -0.15) is 8.78 Å². The van der Waals surface area contributed by atoms with Crippen LogP contribution in [0.4, 0.5) is 13.2 Å². The van der Waals surface area contributed by atoms with Crippen LogP contribution in [0, 0.1) is 5.82 Å². The summed E-state index contributed by atoms with van der Waals surface area (Å²) in [6.45, 7) is -1.71. The first-order valence-corrected chi connectivity index (χ1v) is 13.5. The molecule has 3 aliphatic heterocycles. The number of aromatic nitrogens is 4. The molecule has 7 rings (SSSR count). The number of ketones is 1. The predicted molar refractivity (Wildman–Crippen MR) is 141 cm³/mol. The molecular formula is C29H24F3N5O5. The Balaban J connectivity index is 1.56. The molecule has 2 aromatic heterocycles. The third-order valence-corrected chi connectivity index (χ3v) is 8.01. The molecule has 1 amide bonds. The summed E-state index contributed by atoms with van der Waals surface area (Å²) in [5, 5.41) is 12.9. The molecule has 5 heterocycles. The van der Waals surface area contributed by atoms with E-state index in [1.165, 1.54) is 13.1 Å². The number of hydrogen-bond acceptors (Lipinski definition) is 8. The monoisotopic (exact) mass is 579 g/mol. The lowest BCUT2D eigenvalue weighted by atomic mass is 9.88. The largest absolute Gasteiger partial charge is 0.432 e. The third kappa shape index (κ3) is 4.06. The van der Waals surface area contributed by atoms with Gasteiger partial charge in [0.15, 0.2) is 17.4 Å². The molecule has 2 unspecified atom stereocenters. The molecule has 1 fully saturated rings. The molecule has 2 N–H and O–H groups in total. The lowest BCUT2D eigenvalue weighted by Crippen LogP contribution is -2.28. The van der Waals surface area contributed by atoms with Gasteiger partial charge >= 0.3 is 6.61 Å². The predicted octanol–water partition coefficient (Wildman–Crippen LogP) is 4.43. The number of carbonyl (C=O) groups is 2. The van der Waals surface area contributed by atoms with E-state index in [2.05, 4.69) is 20.0 Å². The van der Waals surface area contributed by atoms with Crippen molar-refractivity contribution in [3.63, 3.8) is 0 Å². The molecule has 2 bridgehead atoms. The molecule has 4 atom stereocenters. The zero-order chi connectivity index (χ0) is 29.3. The molecule has 0 radical (unpaired) electrons. The number of halogens is 3. The molecule has 2 aromatic carbocycles. The number of nitrogens with one attached hydrogen (secondary N) is 1. The number of aliphatic hydroxyl groups is 1. The van der Waals surface area contributed by atoms with Crippen LogP contribution in [-0.2, 0) is 4.74 Å². The molecule has 0 aliphatic carbocycles. The van der Waals surface area contributed by atoms with Crippen molar-refractivity contribution < 1.29 is 37.3 Å². The van der Waals surface area contributed by atoms with Crippen molar-refractivity contribution in [3.8, 4) is 17.0 Å². The third-order valence-electron chi connectivity index (χ3n) is 8.01. The highest BCUT2D eigenvalue weighted by Gasteiger charge is 2.44. The highest BCUT2D eigenvalue weighted by molar-refractivity contribution is 6.00. The first-order chi connectivity index (χ1) is 20.2. The topological polar surface area (TPSA) is 128 Å². The van der Waals surface area contributed by atoms with Crippen LogP contribution < -0.4 is 10.1 Å². The fourth-order valence-electron chi connectivity index (χ4n) is 6.23. The van der Waals surface area contributed by atoms with Crippen LogP contribution in [0.2, 0.25) is 0 Å². The Morgan fingerprint density at radius 2 is 2.07 bits per heavy atom. The second kappa shape index (κ2) is 9.88. The summed E-state index contributed by atoms with van der Waals surface area (Å²) < 4.78 is 55.9. The van der Waals surface area contributed by atoms with Crippen LogP contribution in [-0.4, -0.2) is 55.6 Å². The van der Waals surface area contributed by atoms with Crippen molar-refractivity contribution in [2.45, 2.75) is 57.1 Å². The average molecular weight is 580 g/mol. The van der Waals surface area contributed by atoms with E-state index in [0.29, 0.717) is 42.8 Å². The van der Waals surface area contributed by atoms with Crippen molar-refractivity contribution in [2.75, 3.05) is 6.61 Å². The molecule has 0 spiro atoms. The second-order valence-electron chi connectivity index (χ2n) is 10.5. The lowest BCUT2D eigenvalue weighted by Gasteiger charge is -2.25. The maximum absolute atomic E-state index is 16.6. The number of benzene rings is 2. The Labute approximate surface area is 236 Å². The van der Waals surface area contributed by atoms with Crippen molar-refractivity contribution in [3.05, 3.63) is 70.7 Å². The number of fused-ring (bicyclic) bond motifs is 9. The van der Waals surface area contributed by atoms with Gasteiger partial charge in [0.25, 0.3) is 5.91 Å². The molecule has 3 aliphatic rings. The number of hydrogen-bond donors (Lipinski definition) is 2. The standard InChI is InChI=1S/C29H24F3N5O5/c1-12(38)25(39)26-33-11-14(19-7-4-8-41-19)24(36-26)22-21-13(9-20(23(22)30)42-29(31)32)28(40)35-16-10-18(21)37-17-6-3-2-5-15(17)34-27(16)37/h2-3,5-6,9,11-12,16,18-19,29,38H,4,7-8,10H2,1H3,(H,35,40)/t12?,16-,18-,19?/m1/s1. The van der Waals surface area contributed by atoms with Crippen molar-refractivity contribution >= 4 is 22.7 Å². The normalized spacial score (nSPS) is 21.7. The van der Waals surface area contributed by atoms with Crippen LogP contribution in [0.1, 0.15) is 82.3 Å². The summed E-state index contributed by atoms with van der Waals surface area (Å²) in [5.74, 6) is -3.28. The van der Waals surface area contributed by atoms with E-state index >= 15 is 4.39 Å². The van der Waals surface area contributed by atoms with Gasteiger partial charge in [0.2, 0.25) is 5.78 Å². The first-order valence-electron chi connectivity index (χ1n) is 13.5. The Bertz CT molecular complexity index is 1770. The summed E-state index contributed by atoms with van der Waals surface area (Å²) in [6.07, 6.45) is 0.846. The second-order valence-corrected chi connectivity index (χ2v) is 10.5. The van der Waals surface area contributed by atoms with E-state index in [-0.39, 0.29) is 22.4 Å². The van der Waals surface area contributed by atoms with Crippen LogP contribution >= 0.6 is 0 Å². The summed E-state index contributed by atoms with van der Waals surface area (Å²) in [6, 6.07) is 7.13. The van der Waals surface area contributed by atoms with E-state index in [1.807, 2.05) is 28.8 Å². The zero-order valence-corrected chi connectivity index (χ0v) is 22.2. The Morgan fingerprint density at radius 3 is 2.81 bits per heavy atom. The minimum Gasteiger partial charge on any atom is -0.432 e. The van der Waals surface area contributed by atoms with Gasteiger partial charge in [-0.05, 0) is 44.4 Å². The number of Topliss-reactive ketones (excluding diaryl/α,β-unsaturated/α-hetero) is 1. The number of carbonyl (C=O) groups excluding carboxylic acids is 2. The highest BCUT2D eigenvalue weighted by atomic mass is 19.3. The molecule has 42 heavy (non-hydrogen) atoms. The number of ether oxygens (including phenoxy) is 2. The van der Waals surface area contributed by atoms with Crippen LogP contribution in [0.25, 0.3) is 22.3 Å². The molecule has 13 heteroatoms. The van der Waals surface area contributed by atoms with Gasteiger partial charge in [0, 0.05) is 35.1 Å². The Morgan fingerprint density at radius 1 is 1.26 bits per heavy atom. The highest BCUT2D eigenvalue weighted by Crippen LogP contribution is 2.50. The van der Waals surface area contributed by atoms with Crippen LogP contribution in [0.15, 0.2) is 36.5 Å². The van der Waals surface area contributed by atoms with E-state index < -0.39 is 60.0 Å². The van der Waals surface area contributed by atoms with Crippen molar-refractivity contribution in [2.24, 2.45) is 0 Å². The smallest absolute Gasteiger partial charge is 0.387 e. The summed E-state index contributed by atoms with van der Waals surface area (Å²) in [4.78, 5) is 39.6.